The van der Waals surface area contributed by atoms with Crippen LogP contribution in [0.4, 0.5) is 10.5 Å². The Bertz CT molecular complexity index is 641. The first-order chi connectivity index (χ1) is 9.88. The zero-order chi connectivity index (χ0) is 15.6. The van der Waals surface area contributed by atoms with E-state index >= 15 is 0 Å². The maximum Gasteiger partial charge on any atom is 0.329 e. The molecule has 1 heterocycles. The van der Waals surface area contributed by atoms with E-state index in [1.54, 1.807) is 0 Å². The van der Waals surface area contributed by atoms with Crippen molar-refractivity contribution in [3.63, 3.8) is 0 Å². The molecule has 1 fully saturated rings. The van der Waals surface area contributed by atoms with E-state index in [9.17, 15) is 14.7 Å². The lowest BCUT2D eigenvalue weighted by Crippen LogP contribution is -2.52. The van der Waals surface area contributed by atoms with Crippen LogP contribution in [0.15, 0.2) is 18.2 Å². The van der Waals surface area contributed by atoms with Crippen molar-refractivity contribution < 1.29 is 14.7 Å². The number of hydrogen-bond acceptors (Lipinski definition) is 3. The number of carboxylic acids is 1. The Balaban J connectivity index is 2.19. The molecule has 1 saturated heterocycles. The summed E-state index contributed by atoms with van der Waals surface area (Å²) >= 11 is 5.99. The third-order valence-electron chi connectivity index (χ3n) is 3.69. The van der Waals surface area contributed by atoms with Gasteiger partial charge in [0.1, 0.15) is 5.54 Å². The van der Waals surface area contributed by atoms with Gasteiger partial charge in [-0.2, -0.15) is 5.26 Å². The number of nitriles is 1. The molecule has 110 valence electrons. The van der Waals surface area contributed by atoms with Crippen LogP contribution < -0.4 is 5.32 Å². The van der Waals surface area contributed by atoms with Crippen molar-refractivity contribution >= 4 is 29.3 Å². The van der Waals surface area contributed by atoms with Crippen molar-refractivity contribution in [3.8, 4) is 6.07 Å². The number of nitrogens with zero attached hydrogens (tertiary/aromatic N) is 2. The molecule has 0 bridgehead atoms. The fourth-order valence-electron chi connectivity index (χ4n) is 2.38. The highest BCUT2D eigenvalue weighted by Crippen LogP contribution is 2.31. The standard InChI is InChI=1S/C14H14ClN3O3/c1-14(12(19)20)5-2-6-18(14)13(21)17-11-4-3-9(8-16)7-10(11)15/h3-4,7H,2,5-6H2,1H3,(H,17,21)(H,19,20). The quantitative estimate of drug-likeness (QED) is 0.878. The molecule has 0 aromatic heterocycles. The molecule has 0 radical (unpaired) electrons. The predicted molar refractivity (Wildman–Crippen MR) is 77.2 cm³/mol. The van der Waals surface area contributed by atoms with E-state index in [0.717, 1.165) is 0 Å². The molecule has 0 saturated carbocycles. The average molecular weight is 308 g/mol. The Hall–Kier alpha value is -2.26. The molecule has 1 unspecified atom stereocenters. The number of urea groups is 1. The van der Waals surface area contributed by atoms with Crippen LogP contribution in [0, 0.1) is 11.3 Å². The highest BCUT2D eigenvalue weighted by Gasteiger charge is 2.46. The molecule has 2 N–H and O–H groups in total. The first kappa shape index (κ1) is 15.1. The summed E-state index contributed by atoms with van der Waals surface area (Å²) in [6.07, 6.45) is 1.05. The Morgan fingerprint density at radius 3 is 2.81 bits per heavy atom. The molecule has 1 aromatic rings. The number of aliphatic carboxylic acids is 1. The van der Waals surface area contributed by atoms with Crippen LogP contribution in [-0.4, -0.2) is 34.1 Å². The van der Waals surface area contributed by atoms with Crippen molar-refractivity contribution in [2.24, 2.45) is 0 Å². The highest BCUT2D eigenvalue weighted by atomic mass is 35.5. The molecular formula is C14H14ClN3O3. The average Bonchev–Trinajstić information content (AvgIpc) is 2.84. The van der Waals surface area contributed by atoms with Gasteiger partial charge in [0, 0.05) is 6.54 Å². The van der Waals surface area contributed by atoms with Gasteiger partial charge in [-0.1, -0.05) is 11.6 Å². The SMILES string of the molecule is CC1(C(=O)O)CCCN1C(=O)Nc1ccc(C#N)cc1Cl. The van der Waals surface area contributed by atoms with Crippen LogP contribution in [0.3, 0.4) is 0 Å². The highest BCUT2D eigenvalue weighted by molar-refractivity contribution is 6.33. The molecule has 1 aromatic carbocycles. The van der Waals surface area contributed by atoms with Crippen LogP contribution >= 0.6 is 11.6 Å². The normalized spacial score (nSPS) is 20.9. The fourth-order valence-corrected chi connectivity index (χ4v) is 2.61. The van der Waals surface area contributed by atoms with Crippen LogP contribution in [0.1, 0.15) is 25.3 Å². The molecule has 21 heavy (non-hydrogen) atoms. The summed E-state index contributed by atoms with van der Waals surface area (Å²) in [4.78, 5) is 24.9. The first-order valence-corrected chi connectivity index (χ1v) is 6.78. The number of carbonyl (C=O) groups is 2. The van der Waals surface area contributed by atoms with E-state index in [4.69, 9.17) is 16.9 Å². The van der Waals surface area contributed by atoms with E-state index in [1.165, 1.54) is 30.0 Å². The molecule has 2 rings (SSSR count). The van der Waals surface area contributed by atoms with Crippen molar-refractivity contribution in [1.82, 2.24) is 4.90 Å². The number of benzene rings is 1. The Labute approximate surface area is 126 Å². The van der Waals surface area contributed by atoms with Crippen molar-refractivity contribution in [3.05, 3.63) is 28.8 Å². The smallest absolute Gasteiger partial charge is 0.329 e. The zero-order valence-corrected chi connectivity index (χ0v) is 12.1. The number of carbonyl (C=O) groups excluding carboxylic acids is 1. The second-order valence-corrected chi connectivity index (χ2v) is 5.48. The largest absolute Gasteiger partial charge is 0.480 e. The molecular weight excluding hydrogens is 294 g/mol. The molecule has 7 heteroatoms. The summed E-state index contributed by atoms with van der Waals surface area (Å²) in [7, 11) is 0. The molecule has 2 amide bonds. The lowest BCUT2D eigenvalue weighted by molar-refractivity contribution is -0.146. The minimum atomic E-state index is -1.21. The summed E-state index contributed by atoms with van der Waals surface area (Å²) in [5.41, 5.74) is -0.474. The number of amides is 2. The number of hydrogen-bond donors (Lipinski definition) is 2. The van der Waals surface area contributed by atoms with E-state index in [2.05, 4.69) is 5.32 Å². The molecule has 0 aliphatic carbocycles. The number of likely N-dealkylation sites (tertiary alicyclic amines) is 1. The van der Waals surface area contributed by atoms with Gasteiger partial charge < -0.3 is 15.3 Å². The van der Waals surface area contributed by atoms with E-state index in [-0.39, 0.29) is 5.02 Å². The van der Waals surface area contributed by atoms with Gasteiger partial charge in [-0.3, -0.25) is 0 Å². The van der Waals surface area contributed by atoms with E-state index < -0.39 is 17.5 Å². The van der Waals surface area contributed by atoms with E-state index in [0.29, 0.717) is 30.6 Å². The van der Waals surface area contributed by atoms with Crippen molar-refractivity contribution in [2.45, 2.75) is 25.3 Å². The fraction of sp³-hybridized carbons (Fsp3) is 0.357. The van der Waals surface area contributed by atoms with Gasteiger partial charge in [0.2, 0.25) is 0 Å². The van der Waals surface area contributed by atoms with E-state index in [1.807, 2.05) is 6.07 Å². The molecule has 6 nitrogen and oxygen atoms in total. The second-order valence-electron chi connectivity index (χ2n) is 5.07. The van der Waals surface area contributed by atoms with Crippen LogP contribution in [-0.2, 0) is 4.79 Å². The van der Waals surface area contributed by atoms with Gasteiger partial charge in [-0.25, -0.2) is 9.59 Å². The maximum absolute atomic E-state index is 12.3. The summed E-state index contributed by atoms with van der Waals surface area (Å²) in [6.45, 7) is 1.91. The van der Waals surface area contributed by atoms with Crippen LogP contribution in [0.25, 0.3) is 0 Å². The molecule has 0 spiro atoms. The van der Waals surface area contributed by atoms with Gasteiger partial charge >= 0.3 is 12.0 Å². The Morgan fingerprint density at radius 1 is 1.52 bits per heavy atom. The van der Waals surface area contributed by atoms with Gasteiger partial charge in [0.05, 0.1) is 22.3 Å². The summed E-state index contributed by atoms with van der Waals surface area (Å²) < 4.78 is 0. The second kappa shape index (κ2) is 5.62. The third-order valence-corrected chi connectivity index (χ3v) is 4.00. The Kier molecular flexibility index (Phi) is 4.05. The zero-order valence-electron chi connectivity index (χ0n) is 11.4. The predicted octanol–water partition coefficient (Wildman–Crippen LogP) is 2.68. The van der Waals surface area contributed by atoms with Crippen molar-refractivity contribution in [1.29, 1.82) is 5.26 Å². The lowest BCUT2D eigenvalue weighted by atomic mass is 10.00. The van der Waals surface area contributed by atoms with Gasteiger partial charge in [-0.15, -0.1) is 0 Å². The minimum Gasteiger partial charge on any atom is -0.480 e. The lowest BCUT2D eigenvalue weighted by Gasteiger charge is -2.31. The Morgan fingerprint density at radius 2 is 2.24 bits per heavy atom. The molecule has 1 aliphatic heterocycles. The number of halogens is 1. The number of carboxylic acid groups (broad SMARTS) is 1. The topological polar surface area (TPSA) is 93.4 Å². The summed E-state index contributed by atoms with van der Waals surface area (Å²) in [6, 6.07) is 5.93. The minimum absolute atomic E-state index is 0.235. The third kappa shape index (κ3) is 2.78. The van der Waals surface area contributed by atoms with Gasteiger partial charge in [0.25, 0.3) is 0 Å². The number of nitrogens with one attached hydrogen (secondary N) is 1. The first-order valence-electron chi connectivity index (χ1n) is 6.40. The monoisotopic (exact) mass is 307 g/mol. The van der Waals surface area contributed by atoms with Crippen molar-refractivity contribution in [2.75, 3.05) is 11.9 Å². The van der Waals surface area contributed by atoms with Gasteiger partial charge in [0.15, 0.2) is 0 Å². The number of rotatable bonds is 2. The van der Waals surface area contributed by atoms with Crippen LogP contribution in [0.2, 0.25) is 5.02 Å². The number of anilines is 1. The van der Waals surface area contributed by atoms with Crippen LogP contribution in [0.5, 0.6) is 0 Å². The molecule has 1 aliphatic rings. The maximum atomic E-state index is 12.3. The van der Waals surface area contributed by atoms with Gasteiger partial charge in [-0.05, 0) is 38.0 Å². The molecule has 1 atom stereocenters. The summed E-state index contributed by atoms with van der Waals surface area (Å²) in [5.74, 6) is -1.03. The summed E-state index contributed by atoms with van der Waals surface area (Å²) in [5, 5.41) is 20.9.